The van der Waals surface area contributed by atoms with E-state index in [-0.39, 0.29) is 16.5 Å². The average molecular weight is 1280 g/mol. The Labute approximate surface area is 486 Å². The van der Waals surface area contributed by atoms with Gasteiger partial charge in [-0.1, -0.05) is 0 Å². The van der Waals surface area contributed by atoms with Crippen molar-refractivity contribution >= 4 is 111 Å². The maximum atomic E-state index is 2.26. The van der Waals surface area contributed by atoms with Crippen LogP contribution in [0.5, 0.6) is 0 Å². The molecule has 0 unspecified atom stereocenters. The first-order valence-electron chi connectivity index (χ1n) is 25.6. The van der Waals surface area contributed by atoms with Crippen LogP contribution >= 0.6 is 0 Å². The van der Waals surface area contributed by atoms with E-state index in [1.165, 1.54) is 52.2 Å². The van der Waals surface area contributed by atoms with E-state index in [1.54, 1.807) is 0 Å². The molecular weight excluding hydrogens is 1220 g/mol. The van der Waals surface area contributed by atoms with Crippen molar-refractivity contribution in [2.45, 2.75) is 0 Å². The second-order valence-electron chi connectivity index (χ2n) is 17.4. The van der Waals surface area contributed by atoms with Gasteiger partial charge in [0, 0.05) is 16.5 Å². The van der Waals surface area contributed by atoms with Crippen LogP contribution in [0.15, 0.2) is 364 Å². The summed E-state index contributed by atoms with van der Waals surface area (Å²) in [4.78, 5) is 0. The van der Waals surface area contributed by atoms with Gasteiger partial charge >= 0.3 is 475 Å². The van der Waals surface area contributed by atoms with E-state index >= 15 is 0 Å². The van der Waals surface area contributed by atoms with Crippen LogP contribution in [0.2, 0.25) is 0 Å². The molecule has 0 aliphatic heterocycles. The molecule has 5 heteroatoms. The fourth-order valence-corrected chi connectivity index (χ4v) is 28.1. The van der Waals surface area contributed by atoms with Crippen molar-refractivity contribution in [3.63, 3.8) is 0 Å². The molecule has 0 aliphatic carbocycles. The van der Waals surface area contributed by atoms with Crippen LogP contribution in [0.3, 0.4) is 0 Å². The van der Waals surface area contributed by atoms with Gasteiger partial charge in [0.25, 0.3) is 0 Å². The zero-order valence-electron chi connectivity index (χ0n) is 42.7. The van der Waals surface area contributed by atoms with Crippen LogP contribution in [-0.4, -0.2) is 58.6 Å². The summed E-state index contributed by atoms with van der Waals surface area (Å²) in [6, 6.07) is 131. The minimum absolute atomic E-state index is 0. The quantitative estimate of drug-likeness (QED) is 0.108. The number of hydrogen-bond acceptors (Lipinski definition) is 0. The number of hydrogen-bond donors (Lipinski definition) is 0. The fourth-order valence-electron chi connectivity index (χ4n) is 8.71. The molecule has 0 radical (unpaired) electrons. The summed E-state index contributed by atoms with van der Waals surface area (Å²) in [6.07, 6.45) is 0. The molecular formula is C72H60As4Ni. The zero-order valence-corrected chi connectivity index (χ0v) is 51.2. The molecule has 0 spiro atoms. The first-order chi connectivity index (χ1) is 37.8. The fraction of sp³-hybridized carbons (Fsp3) is 0. The Hall–Kier alpha value is -6.63. The maximum absolute atomic E-state index is 2.26. The molecule has 0 atom stereocenters. The van der Waals surface area contributed by atoms with Crippen molar-refractivity contribution in [2.24, 2.45) is 0 Å². The van der Waals surface area contributed by atoms with Gasteiger partial charge in [0.05, 0.1) is 0 Å². The van der Waals surface area contributed by atoms with Crippen LogP contribution in [-0.2, 0) is 16.5 Å². The van der Waals surface area contributed by atoms with Gasteiger partial charge in [0.2, 0.25) is 0 Å². The number of rotatable bonds is 12. The molecule has 378 valence electrons. The summed E-state index contributed by atoms with van der Waals surface area (Å²) in [5, 5.41) is 0. The third kappa shape index (κ3) is 16.7. The summed E-state index contributed by atoms with van der Waals surface area (Å²) >= 11 is -5.56. The molecule has 0 saturated heterocycles. The molecule has 0 aliphatic rings. The number of benzene rings is 12. The molecule has 12 aromatic rings. The molecule has 0 amide bonds. The predicted molar refractivity (Wildman–Crippen MR) is 336 cm³/mol. The van der Waals surface area contributed by atoms with E-state index < -0.39 is 58.6 Å². The Morgan fingerprint density at radius 2 is 0.169 bits per heavy atom. The minimum atomic E-state index is -1.39. The van der Waals surface area contributed by atoms with E-state index in [0.717, 1.165) is 0 Å². The topological polar surface area (TPSA) is 0 Å². The normalized spacial score (nSPS) is 10.4. The van der Waals surface area contributed by atoms with Crippen LogP contribution < -0.4 is 52.2 Å². The van der Waals surface area contributed by atoms with Gasteiger partial charge < -0.3 is 0 Å². The third-order valence-electron chi connectivity index (χ3n) is 12.2. The van der Waals surface area contributed by atoms with Crippen molar-refractivity contribution < 1.29 is 16.5 Å². The van der Waals surface area contributed by atoms with Gasteiger partial charge in [-0.15, -0.1) is 0 Å². The molecule has 0 aromatic heterocycles. The molecule has 0 nitrogen and oxygen atoms in total. The van der Waals surface area contributed by atoms with Gasteiger partial charge in [0.1, 0.15) is 0 Å². The van der Waals surface area contributed by atoms with Crippen LogP contribution in [0, 0.1) is 0 Å². The monoisotopic (exact) mass is 1280 g/mol. The summed E-state index contributed by atoms with van der Waals surface area (Å²) in [5.74, 6) is 0. The molecule has 0 saturated carbocycles. The van der Waals surface area contributed by atoms with Gasteiger partial charge in [-0.05, 0) is 0 Å². The Bertz CT molecular complexity index is 2580. The summed E-state index contributed by atoms with van der Waals surface area (Å²) < 4.78 is 17.7. The summed E-state index contributed by atoms with van der Waals surface area (Å²) in [6.45, 7) is 0. The Morgan fingerprint density at radius 3 is 0.234 bits per heavy atom. The van der Waals surface area contributed by atoms with E-state index in [0.29, 0.717) is 0 Å². The van der Waals surface area contributed by atoms with Gasteiger partial charge in [0.15, 0.2) is 0 Å². The SMILES string of the molecule is [Ni].c1ccc([As](c2ccccc2)c2ccccc2)cc1.c1ccc([As](c2ccccc2)c2ccccc2)cc1.c1ccc([As](c2ccccc2)c2ccccc2)cc1.c1ccc([As](c2ccccc2)c2ccccc2)cc1. The average Bonchev–Trinajstić information content (AvgIpc) is 3.51. The molecule has 12 rings (SSSR count). The standard InChI is InChI=1S/4C18H15As.Ni/c4*1-4-10-16(11-5-1)19(17-12-6-2-7-13-17)18-14-8-3-9-15-18;/h4*1-15H;. The molecule has 0 heterocycles. The van der Waals surface area contributed by atoms with Crippen molar-refractivity contribution in [1.82, 2.24) is 0 Å². The Morgan fingerprint density at radius 1 is 0.104 bits per heavy atom. The molecule has 12 aromatic carbocycles. The van der Waals surface area contributed by atoms with E-state index in [4.69, 9.17) is 0 Å². The molecule has 0 bridgehead atoms. The van der Waals surface area contributed by atoms with Gasteiger partial charge in [-0.2, -0.15) is 0 Å². The first kappa shape index (κ1) is 56.6. The van der Waals surface area contributed by atoms with Crippen molar-refractivity contribution in [2.75, 3.05) is 0 Å². The van der Waals surface area contributed by atoms with Crippen molar-refractivity contribution in [1.29, 1.82) is 0 Å². The van der Waals surface area contributed by atoms with E-state index in [2.05, 4.69) is 364 Å². The summed E-state index contributed by atoms with van der Waals surface area (Å²) in [7, 11) is 0. The third-order valence-corrected chi connectivity index (χ3v) is 32.7. The Balaban J connectivity index is 0.000000135. The zero-order chi connectivity index (χ0) is 51.7. The van der Waals surface area contributed by atoms with Gasteiger partial charge in [-0.25, -0.2) is 0 Å². The second-order valence-corrected chi connectivity index (χ2v) is 36.0. The second kappa shape index (κ2) is 31.6. The van der Waals surface area contributed by atoms with Crippen molar-refractivity contribution in [3.05, 3.63) is 364 Å². The molecule has 77 heavy (non-hydrogen) atoms. The van der Waals surface area contributed by atoms with Crippen molar-refractivity contribution in [3.8, 4) is 0 Å². The van der Waals surface area contributed by atoms with Crippen LogP contribution in [0.4, 0.5) is 0 Å². The van der Waals surface area contributed by atoms with Gasteiger partial charge in [-0.3, -0.25) is 0 Å². The van der Waals surface area contributed by atoms with Crippen LogP contribution in [0.1, 0.15) is 0 Å². The Kier molecular flexibility index (Phi) is 23.2. The van der Waals surface area contributed by atoms with E-state index in [9.17, 15) is 0 Å². The molecule has 0 fully saturated rings. The molecule has 0 N–H and O–H groups in total. The summed E-state index contributed by atoms with van der Waals surface area (Å²) in [5.41, 5.74) is 0. The first-order valence-corrected chi connectivity index (χ1v) is 36.9. The van der Waals surface area contributed by atoms with E-state index in [1.807, 2.05) is 0 Å². The predicted octanol–water partition coefficient (Wildman–Crippen LogP) is 8.81. The van der Waals surface area contributed by atoms with Crippen LogP contribution in [0.25, 0.3) is 0 Å².